The molecule has 1 aromatic carbocycles. The third kappa shape index (κ3) is 2.11. The van der Waals surface area contributed by atoms with Crippen molar-refractivity contribution in [3.05, 3.63) is 46.6 Å². The minimum atomic E-state index is -0.284. The van der Waals surface area contributed by atoms with Crippen molar-refractivity contribution in [1.82, 2.24) is 30.2 Å². The molecule has 0 fully saturated rings. The first-order chi connectivity index (χ1) is 10.7. The molecular weight excluding hydrogens is 350 g/mol. The Kier molecular flexibility index (Phi) is 2.86. The van der Waals surface area contributed by atoms with Crippen LogP contribution in [0.5, 0.6) is 0 Å². The lowest BCUT2D eigenvalue weighted by Crippen LogP contribution is -2.13. The molecule has 0 saturated heterocycles. The normalized spacial score (nSPS) is 11.1. The van der Waals surface area contributed by atoms with Gasteiger partial charge in [-0.1, -0.05) is 15.9 Å². The Balaban J connectivity index is 1.67. The van der Waals surface area contributed by atoms with Crippen LogP contribution in [0, 0.1) is 0 Å². The summed E-state index contributed by atoms with van der Waals surface area (Å²) in [5.74, 6) is 0.193. The average Bonchev–Trinajstić information content (AvgIpc) is 3.13. The fraction of sp³-hybridized carbons (Fsp3) is 0. The number of hydrogen-bond donors (Lipinski definition) is 2. The van der Waals surface area contributed by atoms with Crippen LogP contribution in [0.25, 0.3) is 16.6 Å². The molecule has 0 saturated carbocycles. The summed E-state index contributed by atoms with van der Waals surface area (Å²) < 4.78 is 2.37. The molecule has 1 amide bonds. The first-order valence-corrected chi connectivity index (χ1v) is 7.13. The Hall–Kier alpha value is -2.81. The molecule has 4 aromatic rings. The number of hydrogen-bond acceptors (Lipinski definition) is 5. The number of rotatable bonds is 2. The number of halogens is 1. The second-order valence-electron chi connectivity index (χ2n) is 4.62. The van der Waals surface area contributed by atoms with Crippen molar-refractivity contribution >= 4 is 44.2 Å². The molecule has 0 aliphatic heterocycles. The predicted octanol–water partition coefficient (Wildman–Crippen LogP) is 2.02. The van der Waals surface area contributed by atoms with E-state index in [1.807, 2.05) is 18.2 Å². The average molecular weight is 358 g/mol. The standard InChI is InChI=1S/C13H8BrN7O/c14-8-2-3-9-10(5-8)16-18-12(9)15-13(22)7-1-4-11-17-19-20-21(11)6-7/h1-6H,(H2,15,16,18,22). The van der Waals surface area contributed by atoms with Crippen molar-refractivity contribution in [2.75, 3.05) is 5.32 Å². The Bertz CT molecular complexity index is 1010. The monoisotopic (exact) mass is 357 g/mol. The van der Waals surface area contributed by atoms with Gasteiger partial charge in [-0.15, -0.1) is 5.10 Å². The van der Waals surface area contributed by atoms with Gasteiger partial charge in [0.25, 0.3) is 5.91 Å². The first-order valence-electron chi connectivity index (χ1n) is 6.33. The van der Waals surface area contributed by atoms with Gasteiger partial charge < -0.3 is 5.32 Å². The van der Waals surface area contributed by atoms with Gasteiger partial charge in [-0.3, -0.25) is 9.89 Å². The maximum Gasteiger partial charge on any atom is 0.258 e. The van der Waals surface area contributed by atoms with Crippen LogP contribution >= 0.6 is 15.9 Å². The number of carbonyl (C=O) groups excluding carboxylic acids is 1. The van der Waals surface area contributed by atoms with Crippen LogP contribution < -0.4 is 5.32 Å². The van der Waals surface area contributed by atoms with Crippen molar-refractivity contribution in [3.8, 4) is 0 Å². The zero-order valence-electron chi connectivity index (χ0n) is 11.0. The van der Waals surface area contributed by atoms with E-state index < -0.39 is 0 Å². The van der Waals surface area contributed by atoms with E-state index in [2.05, 4.69) is 47.0 Å². The van der Waals surface area contributed by atoms with E-state index in [0.29, 0.717) is 17.0 Å². The largest absolute Gasteiger partial charge is 0.305 e. The topological polar surface area (TPSA) is 101 Å². The Morgan fingerprint density at radius 3 is 3.09 bits per heavy atom. The van der Waals surface area contributed by atoms with Gasteiger partial charge in [0.2, 0.25) is 0 Å². The maximum atomic E-state index is 12.3. The summed E-state index contributed by atoms with van der Waals surface area (Å²) in [4.78, 5) is 12.3. The zero-order valence-corrected chi connectivity index (χ0v) is 12.6. The third-order valence-corrected chi connectivity index (χ3v) is 3.70. The number of amides is 1. The lowest BCUT2D eigenvalue weighted by atomic mass is 10.2. The number of aromatic amines is 1. The second kappa shape index (κ2) is 4.88. The molecule has 0 aliphatic carbocycles. The molecule has 0 aliphatic rings. The molecule has 2 N–H and O–H groups in total. The summed E-state index contributed by atoms with van der Waals surface area (Å²) in [6.07, 6.45) is 1.57. The van der Waals surface area contributed by atoms with Crippen LogP contribution in [0.2, 0.25) is 0 Å². The van der Waals surface area contributed by atoms with Gasteiger partial charge in [0.05, 0.1) is 11.1 Å². The predicted molar refractivity (Wildman–Crippen MR) is 82.5 cm³/mol. The van der Waals surface area contributed by atoms with Crippen LogP contribution in [-0.4, -0.2) is 36.1 Å². The molecular formula is C13H8BrN7O. The van der Waals surface area contributed by atoms with E-state index in [-0.39, 0.29) is 5.91 Å². The minimum absolute atomic E-state index is 0.284. The van der Waals surface area contributed by atoms with Gasteiger partial charge in [0, 0.05) is 16.1 Å². The van der Waals surface area contributed by atoms with Crippen molar-refractivity contribution in [1.29, 1.82) is 0 Å². The van der Waals surface area contributed by atoms with Crippen molar-refractivity contribution in [3.63, 3.8) is 0 Å². The third-order valence-electron chi connectivity index (χ3n) is 3.21. The number of nitrogens with zero attached hydrogens (tertiary/aromatic N) is 5. The summed E-state index contributed by atoms with van der Waals surface area (Å²) in [7, 11) is 0. The highest BCUT2D eigenvalue weighted by atomic mass is 79.9. The molecule has 9 heteroatoms. The number of H-pyrrole nitrogens is 1. The van der Waals surface area contributed by atoms with E-state index in [9.17, 15) is 4.79 Å². The quantitative estimate of drug-likeness (QED) is 0.571. The number of carbonyl (C=O) groups is 1. The van der Waals surface area contributed by atoms with Crippen LogP contribution in [0.1, 0.15) is 10.4 Å². The van der Waals surface area contributed by atoms with Gasteiger partial charge in [0.15, 0.2) is 11.5 Å². The van der Waals surface area contributed by atoms with Gasteiger partial charge in [-0.05, 0) is 40.8 Å². The zero-order chi connectivity index (χ0) is 15.1. The summed E-state index contributed by atoms with van der Waals surface area (Å²) in [6.45, 7) is 0. The number of benzene rings is 1. The van der Waals surface area contributed by atoms with Crippen molar-refractivity contribution in [2.24, 2.45) is 0 Å². The molecule has 3 aromatic heterocycles. The Morgan fingerprint density at radius 2 is 2.18 bits per heavy atom. The fourth-order valence-electron chi connectivity index (χ4n) is 2.14. The summed E-state index contributed by atoms with van der Waals surface area (Å²) in [6, 6.07) is 9.00. The van der Waals surface area contributed by atoms with Crippen LogP contribution in [0.4, 0.5) is 5.82 Å². The molecule has 8 nitrogen and oxygen atoms in total. The molecule has 108 valence electrons. The van der Waals surface area contributed by atoms with E-state index in [1.165, 1.54) is 4.52 Å². The second-order valence-corrected chi connectivity index (χ2v) is 5.53. The van der Waals surface area contributed by atoms with Gasteiger partial charge in [0.1, 0.15) is 0 Å². The molecule has 22 heavy (non-hydrogen) atoms. The summed E-state index contributed by atoms with van der Waals surface area (Å²) in [5, 5.41) is 21.7. The number of aromatic nitrogens is 6. The number of pyridine rings is 1. The molecule has 0 radical (unpaired) electrons. The summed E-state index contributed by atoms with van der Waals surface area (Å²) in [5.41, 5.74) is 1.85. The van der Waals surface area contributed by atoms with Gasteiger partial charge in [-0.2, -0.15) is 9.61 Å². The van der Waals surface area contributed by atoms with Crippen molar-refractivity contribution in [2.45, 2.75) is 0 Å². The molecule has 0 spiro atoms. The first kappa shape index (κ1) is 12.9. The van der Waals surface area contributed by atoms with Crippen LogP contribution in [0.15, 0.2) is 41.0 Å². The fourth-order valence-corrected chi connectivity index (χ4v) is 2.50. The number of tetrazole rings is 1. The van der Waals surface area contributed by atoms with Gasteiger partial charge >= 0.3 is 0 Å². The molecule has 0 atom stereocenters. The molecule has 4 rings (SSSR count). The highest BCUT2D eigenvalue weighted by molar-refractivity contribution is 9.10. The van der Waals surface area contributed by atoms with E-state index in [4.69, 9.17) is 0 Å². The number of fused-ring (bicyclic) bond motifs is 2. The maximum absolute atomic E-state index is 12.3. The van der Waals surface area contributed by atoms with E-state index >= 15 is 0 Å². The lowest BCUT2D eigenvalue weighted by Gasteiger charge is -2.02. The van der Waals surface area contributed by atoms with Gasteiger partial charge in [-0.25, -0.2) is 0 Å². The SMILES string of the molecule is O=C(Nc1n[nH]c2cc(Br)ccc12)c1ccc2nnnn2c1. The van der Waals surface area contributed by atoms with E-state index in [0.717, 1.165) is 15.4 Å². The number of anilines is 1. The van der Waals surface area contributed by atoms with E-state index in [1.54, 1.807) is 18.3 Å². The highest BCUT2D eigenvalue weighted by Crippen LogP contribution is 2.24. The summed E-state index contributed by atoms with van der Waals surface area (Å²) >= 11 is 3.39. The lowest BCUT2D eigenvalue weighted by molar-refractivity contribution is 0.102. The number of nitrogens with one attached hydrogen (secondary N) is 2. The Labute approximate surface area is 131 Å². The molecule has 0 bridgehead atoms. The smallest absolute Gasteiger partial charge is 0.258 e. The van der Waals surface area contributed by atoms with Crippen molar-refractivity contribution < 1.29 is 4.79 Å². The highest BCUT2D eigenvalue weighted by Gasteiger charge is 2.12. The van der Waals surface area contributed by atoms with Crippen LogP contribution in [0.3, 0.4) is 0 Å². The molecule has 3 heterocycles. The molecule has 0 unspecified atom stereocenters. The van der Waals surface area contributed by atoms with Crippen LogP contribution in [-0.2, 0) is 0 Å². The minimum Gasteiger partial charge on any atom is -0.305 e. The Morgan fingerprint density at radius 1 is 1.27 bits per heavy atom.